The van der Waals surface area contributed by atoms with Gasteiger partial charge in [-0.25, -0.2) is 0 Å². The van der Waals surface area contributed by atoms with E-state index in [2.05, 4.69) is 13.8 Å². The summed E-state index contributed by atoms with van der Waals surface area (Å²) in [4.78, 5) is 10.6. The average Bonchev–Trinajstić information content (AvgIpc) is 2.95. The number of aliphatic hydroxyl groups excluding tert-OH is 2. The number of hydrogen-bond acceptors (Lipinski definition) is 3. The molecule has 0 unspecified atom stereocenters. The van der Waals surface area contributed by atoms with E-state index in [1.165, 1.54) is 11.1 Å². The van der Waals surface area contributed by atoms with Gasteiger partial charge in [-0.2, -0.15) is 0 Å². The molecule has 1 rings (SSSR count). The molecule has 1 aliphatic carbocycles. The molecule has 4 heteroatoms. The molecule has 0 bridgehead atoms. The predicted octanol–water partition coefficient (Wildman–Crippen LogP) is 5.78. The lowest BCUT2D eigenvalue weighted by molar-refractivity contribution is -0.137. The molecule has 4 nitrogen and oxygen atoms in total. The maximum absolute atomic E-state index is 10.6. The smallest absolute Gasteiger partial charge is 0.303 e. The minimum absolute atomic E-state index is 0.0340. The fraction of sp³-hybridized carbons (Fsp3) is 0.792. The minimum Gasteiger partial charge on any atom is -0.481 e. The van der Waals surface area contributed by atoms with Gasteiger partial charge >= 0.3 is 5.97 Å². The molecule has 0 amide bonds. The highest BCUT2D eigenvalue weighted by Crippen LogP contribution is 2.39. The quantitative estimate of drug-likeness (QED) is 0.229. The molecule has 0 fully saturated rings. The van der Waals surface area contributed by atoms with E-state index < -0.39 is 12.1 Å². The van der Waals surface area contributed by atoms with Gasteiger partial charge in [0, 0.05) is 12.3 Å². The van der Waals surface area contributed by atoms with Crippen LogP contribution in [-0.4, -0.2) is 33.5 Å². The number of aliphatic carboxylic acids is 1. The van der Waals surface area contributed by atoms with E-state index in [-0.39, 0.29) is 18.4 Å². The van der Waals surface area contributed by atoms with E-state index >= 15 is 0 Å². The minimum atomic E-state index is -0.717. The molecule has 162 valence electrons. The second kappa shape index (κ2) is 14.8. The highest BCUT2D eigenvalue weighted by atomic mass is 16.4. The van der Waals surface area contributed by atoms with Gasteiger partial charge < -0.3 is 15.3 Å². The van der Waals surface area contributed by atoms with E-state index in [1.54, 1.807) is 0 Å². The van der Waals surface area contributed by atoms with E-state index in [9.17, 15) is 15.0 Å². The summed E-state index contributed by atoms with van der Waals surface area (Å²) in [5, 5.41) is 29.6. The topological polar surface area (TPSA) is 77.8 Å². The monoisotopic (exact) mass is 394 g/mol. The van der Waals surface area contributed by atoms with Gasteiger partial charge in [0.05, 0.1) is 12.2 Å². The Morgan fingerprint density at radius 2 is 1.75 bits per heavy atom. The molecular formula is C24H42O4. The summed E-state index contributed by atoms with van der Waals surface area (Å²) < 4.78 is 0. The summed E-state index contributed by atoms with van der Waals surface area (Å²) in [7, 11) is 0. The van der Waals surface area contributed by atoms with Crippen LogP contribution in [0.2, 0.25) is 0 Å². The zero-order chi connectivity index (χ0) is 20.8. The van der Waals surface area contributed by atoms with E-state index in [4.69, 9.17) is 5.11 Å². The maximum atomic E-state index is 10.6. The number of carboxylic acids is 1. The molecule has 0 aliphatic heterocycles. The second-order valence-corrected chi connectivity index (χ2v) is 8.29. The molecule has 0 heterocycles. The number of carbonyl (C=O) groups is 1. The van der Waals surface area contributed by atoms with Gasteiger partial charge in [0.1, 0.15) is 0 Å². The lowest BCUT2D eigenvalue weighted by Crippen LogP contribution is -2.15. The first-order chi connectivity index (χ1) is 13.5. The summed E-state index contributed by atoms with van der Waals surface area (Å²) in [6.07, 6.45) is 16.4. The van der Waals surface area contributed by atoms with Crippen molar-refractivity contribution in [1.29, 1.82) is 0 Å². The number of rotatable bonds is 16. The maximum Gasteiger partial charge on any atom is 0.303 e. The normalized spacial score (nSPS) is 21.0. The molecule has 0 aromatic carbocycles. The van der Waals surface area contributed by atoms with Crippen molar-refractivity contribution in [1.82, 2.24) is 0 Å². The second-order valence-electron chi connectivity index (χ2n) is 8.29. The Bertz CT molecular complexity index is 495. The fourth-order valence-corrected chi connectivity index (χ4v) is 4.11. The highest BCUT2D eigenvalue weighted by Gasteiger charge is 2.30. The van der Waals surface area contributed by atoms with Crippen molar-refractivity contribution in [3.63, 3.8) is 0 Å². The highest BCUT2D eigenvalue weighted by molar-refractivity contribution is 5.66. The Hall–Kier alpha value is -1.13. The van der Waals surface area contributed by atoms with Crippen LogP contribution in [0.15, 0.2) is 23.3 Å². The Balaban J connectivity index is 2.62. The van der Waals surface area contributed by atoms with E-state index in [0.717, 1.165) is 83.5 Å². The van der Waals surface area contributed by atoms with Gasteiger partial charge in [-0.3, -0.25) is 4.79 Å². The van der Waals surface area contributed by atoms with E-state index in [1.807, 2.05) is 12.2 Å². The van der Waals surface area contributed by atoms with Crippen molar-refractivity contribution in [3.8, 4) is 0 Å². The molecule has 0 spiro atoms. The van der Waals surface area contributed by atoms with Crippen LogP contribution in [-0.2, 0) is 4.79 Å². The van der Waals surface area contributed by atoms with Crippen LogP contribution in [0, 0.1) is 5.92 Å². The summed E-state index contributed by atoms with van der Waals surface area (Å²) >= 11 is 0. The van der Waals surface area contributed by atoms with Gasteiger partial charge in [-0.05, 0) is 44.9 Å². The SMILES string of the molecule is CCCCC[C@H](O)/C=C/[C@@H]1C(CCCCCCC(=O)O)=C(CCCC)C[C@H]1O. The van der Waals surface area contributed by atoms with Crippen LogP contribution in [0.3, 0.4) is 0 Å². The number of unbranched alkanes of at least 4 members (excludes halogenated alkanes) is 6. The van der Waals surface area contributed by atoms with Crippen LogP contribution in [0.4, 0.5) is 0 Å². The van der Waals surface area contributed by atoms with Crippen molar-refractivity contribution in [2.75, 3.05) is 0 Å². The summed E-state index contributed by atoms with van der Waals surface area (Å²) in [6.45, 7) is 4.35. The van der Waals surface area contributed by atoms with Gasteiger partial charge in [0.25, 0.3) is 0 Å². The standard InChI is InChI=1S/C24H42O4/c1-3-5-9-13-20(25)16-17-22-21(14-10-7-8-11-15-24(27)28)19(12-6-4-2)18-23(22)26/h16-17,20,22-23,25-26H,3-15,18H2,1-2H3,(H,27,28)/b17-16+/t20-,22+,23+/m0/s1. The molecule has 0 saturated heterocycles. The molecule has 0 saturated carbocycles. The summed E-state index contributed by atoms with van der Waals surface area (Å²) in [5.41, 5.74) is 2.78. The Morgan fingerprint density at radius 1 is 1.04 bits per heavy atom. The first-order valence-corrected chi connectivity index (χ1v) is 11.5. The van der Waals surface area contributed by atoms with Crippen molar-refractivity contribution in [3.05, 3.63) is 23.3 Å². The number of aliphatic hydroxyl groups is 2. The Morgan fingerprint density at radius 3 is 2.43 bits per heavy atom. The van der Waals surface area contributed by atoms with Crippen molar-refractivity contribution < 1.29 is 20.1 Å². The van der Waals surface area contributed by atoms with Gasteiger partial charge in [0.2, 0.25) is 0 Å². The lowest BCUT2D eigenvalue weighted by Gasteiger charge is -2.16. The lowest BCUT2D eigenvalue weighted by atomic mass is 9.92. The molecule has 28 heavy (non-hydrogen) atoms. The van der Waals surface area contributed by atoms with Gasteiger partial charge in [0.15, 0.2) is 0 Å². The van der Waals surface area contributed by atoms with Crippen molar-refractivity contribution in [2.45, 2.75) is 116 Å². The third-order valence-corrected chi connectivity index (χ3v) is 5.79. The molecule has 0 aromatic heterocycles. The Kier molecular flexibility index (Phi) is 13.2. The summed E-state index contributed by atoms with van der Waals surface area (Å²) in [5.74, 6) is -0.683. The fourth-order valence-electron chi connectivity index (χ4n) is 4.11. The summed E-state index contributed by atoms with van der Waals surface area (Å²) in [6, 6.07) is 0. The molecule has 0 radical (unpaired) electrons. The third-order valence-electron chi connectivity index (χ3n) is 5.79. The zero-order valence-electron chi connectivity index (χ0n) is 18.0. The molecule has 3 N–H and O–H groups in total. The molecule has 0 aromatic rings. The molecule has 3 atom stereocenters. The molecule has 1 aliphatic rings. The van der Waals surface area contributed by atoms with Crippen molar-refractivity contribution >= 4 is 5.97 Å². The molecular weight excluding hydrogens is 352 g/mol. The van der Waals surface area contributed by atoms with Crippen molar-refractivity contribution in [2.24, 2.45) is 5.92 Å². The van der Waals surface area contributed by atoms with E-state index in [0.29, 0.717) is 0 Å². The Labute approximate surface area is 171 Å². The number of carboxylic acid groups (broad SMARTS) is 1. The first kappa shape index (κ1) is 24.9. The van der Waals surface area contributed by atoms with Crippen LogP contribution >= 0.6 is 0 Å². The zero-order valence-corrected chi connectivity index (χ0v) is 18.0. The van der Waals surface area contributed by atoms with Gasteiger partial charge in [-0.1, -0.05) is 75.7 Å². The van der Waals surface area contributed by atoms with Crippen LogP contribution in [0.5, 0.6) is 0 Å². The average molecular weight is 395 g/mol. The van der Waals surface area contributed by atoms with Crippen LogP contribution < -0.4 is 0 Å². The largest absolute Gasteiger partial charge is 0.481 e. The van der Waals surface area contributed by atoms with Crippen LogP contribution in [0.1, 0.15) is 104 Å². The van der Waals surface area contributed by atoms with Gasteiger partial charge in [-0.15, -0.1) is 0 Å². The third kappa shape index (κ3) is 9.88. The van der Waals surface area contributed by atoms with Crippen LogP contribution in [0.25, 0.3) is 0 Å². The number of hydrogen-bond donors (Lipinski definition) is 3. The predicted molar refractivity (Wildman–Crippen MR) is 115 cm³/mol. The first-order valence-electron chi connectivity index (χ1n) is 11.5.